The van der Waals surface area contributed by atoms with E-state index in [1.54, 1.807) is 0 Å². The fourth-order valence-corrected chi connectivity index (χ4v) is 5.58. The molecule has 1 unspecified atom stereocenters. The van der Waals surface area contributed by atoms with Crippen molar-refractivity contribution in [3.8, 4) is 0 Å². The van der Waals surface area contributed by atoms with Crippen molar-refractivity contribution < 1.29 is 0 Å². The van der Waals surface area contributed by atoms with E-state index in [4.69, 9.17) is 10.7 Å². The van der Waals surface area contributed by atoms with Crippen molar-refractivity contribution in [3.05, 3.63) is 69.8 Å². The molecule has 0 amide bonds. The fraction of sp³-hybridized carbons (Fsp3) is 0.435. The van der Waals surface area contributed by atoms with Crippen molar-refractivity contribution in [1.29, 1.82) is 0 Å². The van der Waals surface area contributed by atoms with E-state index in [1.165, 1.54) is 52.6 Å². The Bertz CT molecular complexity index is 835. The predicted molar refractivity (Wildman–Crippen MR) is 113 cm³/mol. The Labute approximate surface area is 161 Å². The Kier molecular flexibility index (Phi) is 4.94. The molecule has 0 bridgehead atoms. The zero-order valence-electron chi connectivity index (χ0n) is 15.8. The molecule has 2 aromatic rings. The molecule has 2 aromatic carbocycles. The average Bonchev–Trinajstić information content (AvgIpc) is 3.15. The Morgan fingerprint density at radius 3 is 2.58 bits per heavy atom. The number of nitrogens with two attached hydrogens (primary N) is 1. The summed E-state index contributed by atoms with van der Waals surface area (Å²) in [5, 5.41) is 1.12. The number of nitrogens with zero attached hydrogens (tertiary/aromatic N) is 1. The molecule has 1 atom stereocenters. The number of thioether (sulfide) groups is 1. The zero-order chi connectivity index (χ0) is 18.1. The molecule has 26 heavy (non-hydrogen) atoms. The summed E-state index contributed by atoms with van der Waals surface area (Å²) in [7, 11) is 0. The predicted octanol–water partition coefficient (Wildman–Crippen LogP) is 4.72. The van der Waals surface area contributed by atoms with Gasteiger partial charge >= 0.3 is 0 Å². The summed E-state index contributed by atoms with van der Waals surface area (Å²) in [6, 6.07) is 13.5. The smallest absolute Gasteiger partial charge is 0.0940 e. The maximum atomic E-state index is 7.23. The van der Waals surface area contributed by atoms with Crippen LogP contribution in [0.5, 0.6) is 0 Å². The van der Waals surface area contributed by atoms with E-state index in [0.29, 0.717) is 0 Å². The molecule has 0 aromatic heterocycles. The maximum absolute atomic E-state index is 7.23. The molecule has 0 spiro atoms. The van der Waals surface area contributed by atoms with Crippen molar-refractivity contribution >= 4 is 16.8 Å². The molecule has 1 heterocycles. The zero-order valence-corrected chi connectivity index (χ0v) is 16.7. The van der Waals surface area contributed by atoms with Gasteiger partial charge in [0.2, 0.25) is 0 Å². The van der Waals surface area contributed by atoms with Crippen molar-refractivity contribution in [3.63, 3.8) is 0 Å². The Morgan fingerprint density at radius 2 is 1.85 bits per heavy atom. The number of aryl methyl sites for hydroxylation is 3. The molecule has 4 rings (SSSR count). The number of benzene rings is 2. The highest BCUT2D eigenvalue weighted by Gasteiger charge is 2.38. The summed E-state index contributed by atoms with van der Waals surface area (Å²) in [6.07, 6.45) is 5.71. The Balaban J connectivity index is 1.82. The normalized spacial score (nSPS) is 19.0. The van der Waals surface area contributed by atoms with E-state index in [9.17, 15) is 0 Å². The first-order chi connectivity index (χ1) is 12.6. The molecule has 0 radical (unpaired) electrons. The second kappa shape index (κ2) is 7.21. The lowest BCUT2D eigenvalue weighted by Gasteiger charge is -2.34. The fourth-order valence-electron chi connectivity index (χ4n) is 4.58. The average molecular weight is 365 g/mol. The van der Waals surface area contributed by atoms with Crippen LogP contribution in [0.15, 0.2) is 41.4 Å². The van der Waals surface area contributed by atoms with Crippen LogP contribution in [0.4, 0.5) is 0 Å². The van der Waals surface area contributed by atoms with Gasteiger partial charge < -0.3 is 5.73 Å². The van der Waals surface area contributed by atoms with Gasteiger partial charge in [-0.3, -0.25) is 4.99 Å². The van der Waals surface area contributed by atoms with Crippen molar-refractivity contribution in [1.82, 2.24) is 0 Å². The summed E-state index contributed by atoms with van der Waals surface area (Å²) < 4.78 is 0. The summed E-state index contributed by atoms with van der Waals surface area (Å²) >= 11 is 1.85. The lowest BCUT2D eigenvalue weighted by Crippen LogP contribution is -2.46. The van der Waals surface area contributed by atoms with Crippen LogP contribution < -0.4 is 5.73 Å². The summed E-state index contributed by atoms with van der Waals surface area (Å²) in [5.41, 5.74) is 14.9. The van der Waals surface area contributed by atoms with Crippen molar-refractivity contribution in [2.75, 3.05) is 12.3 Å². The number of fused-ring (bicyclic) bond motifs is 1. The van der Waals surface area contributed by atoms with Crippen LogP contribution in [0.3, 0.4) is 0 Å². The molecule has 2 aliphatic rings. The van der Waals surface area contributed by atoms with Crippen LogP contribution >= 0.6 is 11.8 Å². The summed E-state index contributed by atoms with van der Waals surface area (Å²) in [6.45, 7) is 5.22. The minimum absolute atomic E-state index is 0.510. The topological polar surface area (TPSA) is 38.4 Å². The number of hydrogen-bond acceptors (Lipinski definition) is 3. The minimum Gasteiger partial charge on any atom is -0.316 e. The van der Waals surface area contributed by atoms with Gasteiger partial charge in [-0.2, -0.15) is 0 Å². The van der Waals surface area contributed by atoms with Gasteiger partial charge in [-0.15, -0.1) is 11.8 Å². The quantitative estimate of drug-likeness (QED) is 0.852. The number of rotatable bonds is 4. The summed E-state index contributed by atoms with van der Waals surface area (Å²) in [5.74, 6) is 1.05. The number of hydrogen-bond donors (Lipinski definition) is 1. The highest BCUT2D eigenvalue weighted by molar-refractivity contribution is 8.14. The molecule has 2 nitrogen and oxygen atoms in total. The van der Waals surface area contributed by atoms with Gasteiger partial charge in [0.15, 0.2) is 0 Å². The second-order valence-corrected chi connectivity index (χ2v) is 8.91. The third-order valence-corrected chi connectivity index (χ3v) is 6.76. The highest BCUT2D eigenvalue weighted by Crippen LogP contribution is 2.37. The Morgan fingerprint density at radius 1 is 1.08 bits per heavy atom. The summed E-state index contributed by atoms with van der Waals surface area (Å²) in [4.78, 5) is 4.83. The lowest BCUT2D eigenvalue weighted by molar-refractivity contribution is 0.583. The monoisotopic (exact) mass is 364 g/mol. The van der Waals surface area contributed by atoms with Gasteiger partial charge in [-0.05, 0) is 61.8 Å². The number of aliphatic imine (C=N–C) groups is 1. The van der Waals surface area contributed by atoms with Gasteiger partial charge in [0, 0.05) is 18.7 Å². The van der Waals surface area contributed by atoms with Gasteiger partial charge in [0.1, 0.15) is 0 Å². The standard InChI is InChI=1S/C23H28N2S/c1-16-12-17(2)14-18(13-16)15-23(24,22-25-10-11-26-22)21-9-5-7-19-6-3-4-8-20(19)21/h5,7,9,12-14H,3-4,6,8,10-11,15,24H2,1-2H3. The third kappa shape index (κ3) is 3.35. The van der Waals surface area contributed by atoms with Crippen LogP contribution in [0.25, 0.3) is 0 Å². The first kappa shape index (κ1) is 17.8. The third-order valence-electron chi connectivity index (χ3n) is 5.61. The van der Waals surface area contributed by atoms with E-state index >= 15 is 0 Å². The van der Waals surface area contributed by atoms with Crippen molar-refractivity contribution in [2.24, 2.45) is 10.7 Å². The highest BCUT2D eigenvalue weighted by atomic mass is 32.2. The van der Waals surface area contributed by atoms with E-state index in [-0.39, 0.29) is 0 Å². The molecule has 0 fully saturated rings. The molecule has 1 aliphatic carbocycles. The van der Waals surface area contributed by atoms with Crippen LogP contribution in [-0.4, -0.2) is 17.3 Å². The van der Waals surface area contributed by atoms with Crippen molar-refractivity contribution in [2.45, 2.75) is 51.5 Å². The first-order valence-electron chi connectivity index (χ1n) is 9.71. The van der Waals surface area contributed by atoms with E-state index < -0.39 is 5.54 Å². The van der Waals surface area contributed by atoms with Crippen LogP contribution in [0.1, 0.15) is 46.2 Å². The van der Waals surface area contributed by atoms with Gasteiger partial charge in [-0.1, -0.05) is 47.5 Å². The van der Waals surface area contributed by atoms with Gasteiger partial charge in [-0.25, -0.2) is 0 Å². The van der Waals surface area contributed by atoms with Crippen LogP contribution in [-0.2, 0) is 24.8 Å². The van der Waals surface area contributed by atoms with Gasteiger partial charge in [0.25, 0.3) is 0 Å². The maximum Gasteiger partial charge on any atom is 0.0940 e. The van der Waals surface area contributed by atoms with E-state index in [0.717, 1.165) is 30.2 Å². The molecular formula is C23H28N2S. The molecule has 136 valence electrons. The lowest BCUT2D eigenvalue weighted by atomic mass is 9.77. The molecule has 0 saturated carbocycles. The molecule has 0 saturated heterocycles. The van der Waals surface area contributed by atoms with E-state index in [2.05, 4.69) is 50.2 Å². The van der Waals surface area contributed by atoms with Gasteiger partial charge in [0.05, 0.1) is 10.6 Å². The molecule has 1 aliphatic heterocycles. The molecule has 3 heteroatoms. The second-order valence-electron chi connectivity index (χ2n) is 7.83. The molecule has 2 N–H and O–H groups in total. The largest absolute Gasteiger partial charge is 0.316 e. The van der Waals surface area contributed by atoms with Crippen LogP contribution in [0, 0.1) is 13.8 Å². The minimum atomic E-state index is -0.510. The van der Waals surface area contributed by atoms with Crippen LogP contribution in [0.2, 0.25) is 0 Å². The Hall–Kier alpha value is -1.58. The van der Waals surface area contributed by atoms with E-state index in [1.807, 2.05) is 11.8 Å². The molecular weight excluding hydrogens is 336 g/mol. The SMILES string of the molecule is Cc1cc(C)cc(CC(N)(C2=NCCS2)c2cccc3c2CCCC3)c1. The first-order valence-corrected chi connectivity index (χ1v) is 10.7.